The van der Waals surface area contributed by atoms with Crippen LogP contribution in [0.25, 0.3) is 0 Å². The first-order chi connectivity index (χ1) is 8.11. The monoisotopic (exact) mass is 238 g/mol. The second-order valence-electron chi connectivity index (χ2n) is 4.89. The second-order valence-corrected chi connectivity index (χ2v) is 4.89. The molecule has 1 aliphatic carbocycles. The van der Waals surface area contributed by atoms with Crippen molar-refractivity contribution >= 4 is 17.8 Å². The van der Waals surface area contributed by atoms with E-state index in [4.69, 9.17) is 0 Å². The summed E-state index contributed by atoms with van der Waals surface area (Å²) < 4.78 is 0. The van der Waals surface area contributed by atoms with Crippen LogP contribution in [0.3, 0.4) is 0 Å². The van der Waals surface area contributed by atoms with E-state index in [1.165, 1.54) is 11.3 Å². The Hall–Kier alpha value is -1.39. The van der Waals surface area contributed by atoms with E-state index in [0.29, 0.717) is 5.92 Å². The van der Waals surface area contributed by atoms with Gasteiger partial charge in [-0.2, -0.15) is 0 Å². The van der Waals surface area contributed by atoms with Crippen molar-refractivity contribution in [3.05, 3.63) is 0 Å². The molecule has 1 aliphatic heterocycles. The summed E-state index contributed by atoms with van der Waals surface area (Å²) in [6, 6.07) is -0.553. The third-order valence-electron chi connectivity index (χ3n) is 3.74. The predicted molar refractivity (Wildman–Crippen MR) is 61.0 cm³/mol. The SMILES string of the molecule is CCC1CCCC(N2C(=O)CC(=O)NC2=O)C1. The molecule has 1 heterocycles. The molecular weight excluding hydrogens is 220 g/mol. The molecule has 17 heavy (non-hydrogen) atoms. The number of carbonyl (C=O) groups excluding carboxylic acids is 3. The average molecular weight is 238 g/mol. The van der Waals surface area contributed by atoms with E-state index in [0.717, 1.165) is 25.7 Å². The van der Waals surface area contributed by atoms with Gasteiger partial charge in [-0.1, -0.05) is 26.2 Å². The third kappa shape index (κ3) is 2.48. The molecule has 0 aromatic carbocycles. The van der Waals surface area contributed by atoms with Crippen molar-refractivity contribution in [2.75, 3.05) is 0 Å². The quantitative estimate of drug-likeness (QED) is 0.740. The number of amides is 4. The summed E-state index contributed by atoms with van der Waals surface area (Å²) in [5.74, 6) is -0.244. The first-order valence-electron chi connectivity index (χ1n) is 6.27. The maximum Gasteiger partial charge on any atom is 0.331 e. The Morgan fingerprint density at radius 1 is 1.29 bits per heavy atom. The number of barbiturate groups is 1. The molecule has 0 aromatic heterocycles. The van der Waals surface area contributed by atoms with Crippen molar-refractivity contribution in [1.29, 1.82) is 0 Å². The highest BCUT2D eigenvalue weighted by molar-refractivity contribution is 6.14. The van der Waals surface area contributed by atoms with E-state index >= 15 is 0 Å². The topological polar surface area (TPSA) is 66.5 Å². The molecule has 2 rings (SSSR count). The van der Waals surface area contributed by atoms with Gasteiger partial charge in [-0.3, -0.25) is 19.8 Å². The highest BCUT2D eigenvalue weighted by atomic mass is 16.2. The van der Waals surface area contributed by atoms with Crippen LogP contribution in [0.5, 0.6) is 0 Å². The highest BCUT2D eigenvalue weighted by Crippen LogP contribution is 2.30. The van der Waals surface area contributed by atoms with Crippen molar-refractivity contribution in [3.8, 4) is 0 Å². The van der Waals surface area contributed by atoms with Crippen LogP contribution in [0.15, 0.2) is 0 Å². The largest absolute Gasteiger partial charge is 0.331 e. The number of urea groups is 1. The maximum atomic E-state index is 11.8. The minimum atomic E-state index is -0.534. The van der Waals surface area contributed by atoms with Crippen molar-refractivity contribution in [2.24, 2.45) is 5.92 Å². The summed E-state index contributed by atoms with van der Waals surface area (Å²) in [4.78, 5) is 35.8. The summed E-state index contributed by atoms with van der Waals surface area (Å²) in [5.41, 5.74) is 0. The van der Waals surface area contributed by atoms with Gasteiger partial charge in [0.15, 0.2) is 0 Å². The lowest BCUT2D eigenvalue weighted by Gasteiger charge is -2.37. The lowest BCUT2D eigenvalue weighted by molar-refractivity contribution is -0.138. The van der Waals surface area contributed by atoms with E-state index in [1.54, 1.807) is 0 Å². The van der Waals surface area contributed by atoms with Crippen LogP contribution in [-0.2, 0) is 9.59 Å². The van der Waals surface area contributed by atoms with E-state index in [9.17, 15) is 14.4 Å². The van der Waals surface area contributed by atoms with Crippen LogP contribution >= 0.6 is 0 Å². The number of hydrogen-bond acceptors (Lipinski definition) is 3. The van der Waals surface area contributed by atoms with Gasteiger partial charge in [0.1, 0.15) is 6.42 Å². The molecule has 0 spiro atoms. The Kier molecular flexibility index (Phi) is 3.45. The number of nitrogens with one attached hydrogen (secondary N) is 1. The summed E-state index contributed by atoms with van der Waals surface area (Å²) in [5, 5.41) is 2.22. The van der Waals surface area contributed by atoms with Gasteiger partial charge in [0.05, 0.1) is 0 Å². The van der Waals surface area contributed by atoms with Crippen LogP contribution in [0, 0.1) is 5.92 Å². The molecule has 5 nitrogen and oxygen atoms in total. The molecular formula is C12H18N2O3. The van der Waals surface area contributed by atoms with Gasteiger partial charge in [-0.25, -0.2) is 4.79 Å². The molecule has 2 atom stereocenters. The first kappa shape index (κ1) is 12.1. The molecule has 0 bridgehead atoms. The van der Waals surface area contributed by atoms with Gasteiger partial charge in [0.2, 0.25) is 11.8 Å². The molecule has 0 aromatic rings. The van der Waals surface area contributed by atoms with Gasteiger partial charge < -0.3 is 0 Å². The zero-order valence-corrected chi connectivity index (χ0v) is 10.1. The molecule has 2 aliphatic rings. The number of carbonyl (C=O) groups is 3. The van der Waals surface area contributed by atoms with Gasteiger partial charge in [-0.15, -0.1) is 0 Å². The van der Waals surface area contributed by atoms with Crippen molar-refractivity contribution in [3.63, 3.8) is 0 Å². The van der Waals surface area contributed by atoms with Crippen LogP contribution in [0.2, 0.25) is 0 Å². The third-order valence-corrected chi connectivity index (χ3v) is 3.74. The van der Waals surface area contributed by atoms with Crippen LogP contribution in [0.1, 0.15) is 45.4 Å². The van der Waals surface area contributed by atoms with Crippen LogP contribution in [-0.4, -0.2) is 28.8 Å². The fourth-order valence-corrected chi connectivity index (χ4v) is 2.80. The van der Waals surface area contributed by atoms with Gasteiger partial charge in [-0.05, 0) is 18.8 Å². The molecule has 2 unspecified atom stereocenters. The molecule has 5 heteroatoms. The molecule has 4 amide bonds. The summed E-state index contributed by atoms with van der Waals surface area (Å²) in [6.45, 7) is 2.13. The Morgan fingerprint density at radius 2 is 2.06 bits per heavy atom. The van der Waals surface area contributed by atoms with E-state index in [-0.39, 0.29) is 18.4 Å². The van der Waals surface area contributed by atoms with Crippen molar-refractivity contribution in [2.45, 2.75) is 51.5 Å². The molecule has 94 valence electrons. The van der Waals surface area contributed by atoms with Gasteiger partial charge >= 0.3 is 6.03 Å². The zero-order valence-electron chi connectivity index (χ0n) is 10.1. The van der Waals surface area contributed by atoms with Crippen molar-refractivity contribution < 1.29 is 14.4 Å². The van der Waals surface area contributed by atoms with E-state index in [1.807, 2.05) is 0 Å². The molecule has 1 saturated carbocycles. The smallest absolute Gasteiger partial charge is 0.277 e. The molecule has 1 N–H and O–H groups in total. The van der Waals surface area contributed by atoms with Gasteiger partial charge in [0, 0.05) is 6.04 Å². The number of imide groups is 2. The van der Waals surface area contributed by atoms with Crippen LogP contribution < -0.4 is 5.32 Å². The Balaban J connectivity index is 2.07. The highest BCUT2D eigenvalue weighted by Gasteiger charge is 2.37. The lowest BCUT2D eigenvalue weighted by Crippen LogP contribution is -2.57. The number of rotatable bonds is 2. The zero-order chi connectivity index (χ0) is 12.4. The van der Waals surface area contributed by atoms with E-state index in [2.05, 4.69) is 12.2 Å². The number of hydrogen-bond donors (Lipinski definition) is 1. The second kappa shape index (κ2) is 4.85. The minimum absolute atomic E-state index is 0.0192. The van der Waals surface area contributed by atoms with Crippen LogP contribution in [0.4, 0.5) is 4.79 Å². The lowest BCUT2D eigenvalue weighted by atomic mass is 9.83. The fraction of sp³-hybridized carbons (Fsp3) is 0.750. The Bertz CT molecular complexity index is 334. The molecule has 2 fully saturated rings. The fourth-order valence-electron chi connectivity index (χ4n) is 2.80. The average Bonchev–Trinajstić information content (AvgIpc) is 2.28. The summed E-state index contributed by atoms with van der Waals surface area (Å²) in [6.07, 6.45) is 4.86. The first-order valence-corrected chi connectivity index (χ1v) is 6.27. The standard InChI is InChI=1S/C12H18N2O3/c1-2-8-4-3-5-9(6-8)14-11(16)7-10(15)13-12(14)17/h8-9H,2-7H2,1H3,(H,13,15,17). The van der Waals surface area contributed by atoms with E-state index < -0.39 is 11.9 Å². The molecule has 0 radical (unpaired) electrons. The van der Waals surface area contributed by atoms with Crippen molar-refractivity contribution in [1.82, 2.24) is 10.2 Å². The number of nitrogens with zero attached hydrogens (tertiary/aromatic N) is 1. The normalized spacial score (nSPS) is 30.4. The summed E-state index contributed by atoms with van der Waals surface area (Å²) in [7, 11) is 0. The summed E-state index contributed by atoms with van der Waals surface area (Å²) >= 11 is 0. The predicted octanol–water partition coefficient (Wildman–Crippen LogP) is 1.42. The maximum absolute atomic E-state index is 11.8. The Labute approximate surface area is 101 Å². The van der Waals surface area contributed by atoms with Gasteiger partial charge in [0.25, 0.3) is 0 Å². The minimum Gasteiger partial charge on any atom is -0.277 e. The molecule has 1 saturated heterocycles. The Morgan fingerprint density at radius 3 is 2.71 bits per heavy atom.